The van der Waals surface area contributed by atoms with Crippen LogP contribution in [0.2, 0.25) is 0 Å². The molecule has 13 N–H and O–H groups in total. The molecule has 0 aliphatic carbocycles. The Morgan fingerprint density at radius 2 is 1.06 bits per heavy atom. The summed E-state index contributed by atoms with van der Waals surface area (Å²) in [5.74, 6) is -9.04. The molecular formula is C18H29N7O10. The minimum Gasteiger partial charge on any atom is -0.481 e. The number of hydrogen-bond donors (Lipinski definition) is 9. The Labute approximate surface area is 198 Å². The monoisotopic (exact) mass is 503 g/mol. The van der Waals surface area contributed by atoms with Crippen LogP contribution < -0.4 is 38.9 Å². The number of carbonyl (C=O) groups excluding carboxylic acids is 6. The van der Waals surface area contributed by atoms with Crippen molar-refractivity contribution >= 4 is 47.4 Å². The molecule has 0 heterocycles. The molecule has 0 radical (unpaired) electrons. The highest BCUT2D eigenvalue weighted by Gasteiger charge is 2.32. The average Bonchev–Trinajstić information content (AvgIpc) is 2.72. The number of nitrogens with one attached hydrogen (secondary N) is 3. The summed E-state index contributed by atoms with van der Waals surface area (Å²) in [5, 5.41) is 24.0. The Morgan fingerprint density at radius 1 is 0.600 bits per heavy atom. The van der Waals surface area contributed by atoms with Crippen molar-refractivity contribution in [1.29, 1.82) is 0 Å². The Bertz CT molecular complexity index is 863. The first kappa shape index (κ1) is 30.7. The van der Waals surface area contributed by atoms with Crippen LogP contribution in [0, 0.1) is 0 Å². The topological polar surface area (TPSA) is 317 Å². The molecule has 0 fully saturated rings. The van der Waals surface area contributed by atoms with Crippen molar-refractivity contribution in [2.24, 2.45) is 22.9 Å². The molecule has 6 amide bonds. The summed E-state index contributed by atoms with van der Waals surface area (Å²) in [4.78, 5) is 92.9. The quantitative estimate of drug-likeness (QED) is 0.0902. The van der Waals surface area contributed by atoms with Gasteiger partial charge in [0.25, 0.3) is 0 Å². The third-order valence-electron chi connectivity index (χ3n) is 4.38. The summed E-state index contributed by atoms with van der Waals surface area (Å²) >= 11 is 0. The summed E-state index contributed by atoms with van der Waals surface area (Å²) in [6, 6.07) is -6.34. The number of rotatable bonds is 17. The van der Waals surface area contributed by atoms with Gasteiger partial charge in [0.05, 0.1) is 18.9 Å². The van der Waals surface area contributed by atoms with E-state index < -0.39 is 97.2 Å². The van der Waals surface area contributed by atoms with Crippen LogP contribution in [0.25, 0.3) is 0 Å². The lowest BCUT2D eigenvalue weighted by Crippen LogP contribution is -2.58. The summed E-state index contributed by atoms with van der Waals surface area (Å²) in [7, 11) is 0. The van der Waals surface area contributed by atoms with E-state index in [-0.39, 0.29) is 12.8 Å². The van der Waals surface area contributed by atoms with Crippen molar-refractivity contribution in [3.8, 4) is 0 Å². The molecule has 196 valence electrons. The zero-order chi connectivity index (χ0) is 27.3. The van der Waals surface area contributed by atoms with Gasteiger partial charge >= 0.3 is 11.9 Å². The highest BCUT2D eigenvalue weighted by Crippen LogP contribution is 2.04. The molecule has 4 unspecified atom stereocenters. The van der Waals surface area contributed by atoms with Crippen LogP contribution in [0.4, 0.5) is 0 Å². The number of carboxylic acids is 2. The summed E-state index contributed by atoms with van der Waals surface area (Å²) in [5.41, 5.74) is 20.7. The SMILES string of the molecule is NC(=O)CCC(NC(=O)C(N)CCC(=O)O)C(=O)NC(CC(N)=O)C(=O)NC(CC(N)=O)C(=O)O. The van der Waals surface area contributed by atoms with E-state index in [0.29, 0.717) is 0 Å². The van der Waals surface area contributed by atoms with Gasteiger partial charge in [0.1, 0.15) is 18.1 Å². The van der Waals surface area contributed by atoms with E-state index in [4.69, 9.17) is 33.1 Å². The lowest BCUT2D eigenvalue weighted by atomic mass is 10.1. The van der Waals surface area contributed by atoms with Crippen molar-refractivity contribution in [3.05, 3.63) is 0 Å². The van der Waals surface area contributed by atoms with Crippen LogP contribution in [0.1, 0.15) is 38.5 Å². The Kier molecular flexibility index (Phi) is 13.0. The highest BCUT2D eigenvalue weighted by atomic mass is 16.4. The summed E-state index contributed by atoms with van der Waals surface area (Å²) in [6.07, 6.45) is -3.05. The number of aliphatic carboxylic acids is 2. The van der Waals surface area contributed by atoms with Crippen molar-refractivity contribution in [2.75, 3.05) is 0 Å². The van der Waals surface area contributed by atoms with Crippen LogP contribution in [-0.4, -0.2) is 81.8 Å². The van der Waals surface area contributed by atoms with Gasteiger partial charge in [0, 0.05) is 12.8 Å². The fourth-order valence-corrected chi connectivity index (χ4v) is 2.60. The number of carboxylic acid groups (broad SMARTS) is 2. The number of hydrogen-bond acceptors (Lipinski definition) is 9. The first-order valence-electron chi connectivity index (χ1n) is 10.1. The molecule has 0 aromatic carbocycles. The van der Waals surface area contributed by atoms with Crippen molar-refractivity contribution in [1.82, 2.24) is 16.0 Å². The molecule has 0 bridgehead atoms. The molecule has 0 aliphatic heterocycles. The smallest absolute Gasteiger partial charge is 0.326 e. The number of nitrogens with two attached hydrogens (primary N) is 4. The largest absolute Gasteiger partial charge is 0.481 e. The van der Waals surface area contributed by atoms with Gasteiger partial charge in [-0.05, 0) is 12.8 Å². The number of primary amides is 3. The van der Waals surface area contributed by atoms with Crippen molar-refractivity contribution in [2.45, 2.75) is 62.7 Å². The van der Waals surface area contributed by atoms with Gasteiger partial charge in [0.15, 0.2) is 0 Å². The van der Waals surface area contributed by atoms with E-state index >= 15 is 0 Å². The second-order valence-electron chi connectivity index (χ2n) is 7.41. The lowest BCUT2D eigenvalue weighted by Gasteiger charge is -2.24. The van der Waals surface area contributed by atoms with Crippen molar-refractivity contribution in [3.63, 3.8) is 0 Å². The van der Waals surface area contributed by atoms with Crippen molar-refractivity contribution < 1.29 is 48.6 Å². The van der Waals surface area contributed by atoms with Crippen LogP contribution in [-0.2, 0) is 38.4 Å². The second kappa shape index (κ2) is 14.8. The molecule has 0 rings (SSSR count). The van der Waals surface area contributed by atoms with Gasteiger partial charge in [0.2, 0.25) is 35.4 Å². The average molecular weight is 503 g/mol. The Morgan fingerprint density at radius 3 is 1.51 bits per heavy atom. The first-order valence-corrected chi connectivity index (χ1v) is 10.1. The fraction of sp³-hybridized carbons (Fsp3) is 0.556. The third-order valence-corrected chi connectivity index (χ3v) is 4.38. The van der Waals surface area contributed by atoms with Crippen LogP contribution in [0.5, 0.6) is 0 Å². The molecule has 0 aromatic rings. The highest BCUT2D eigenvalue weighted by molar-refractivity contribution is 5.97. The van der Waals surface area contributed by atoms with Crippen LogP contribution in [0.3, 0.4) is 0 Å². The fourth-order valence-electron chi connectivity index (χ4n) is 2.60. The number of amides is 6. The van der Waals surface area contributed by atoms with Gasteiger partial charge in [-0.15, -0.1) is 0 Å². The molecule has 0 saturated carbocycles. The second-order valence-corrected chi connectivity index (χ2v) is 7.41. The van der Waals surface area contributed by atoms with E-state index in [1.807, 2.05) is 5.32 Å². The van der Waals surface area contributed by atoms with Crippen LogP contribution >= 0.6 is 0 Å². The zero-order valence-electron chi connectivity index (χ0n) is 18.5. The maximum atomic E-state index is 12.7. The molecule has 4 atom stereocenters. The van der Waals surface area contributed by atoms with E-state index in [9.17, 15) is 38.4 Å². The van der Waals surface area contributed by atoms with Gasteiger partial charge in [-0.2, -0.15) is 0 Å². The van der Waals surface area contributed by atoms with Crippen LogP contribution in [0.15, 0.2) is 0 Å². The van der Waals surface area contributed by atoms with Gasteiger partial charge in [-0.3, -0.25) is 33.6 Å². The molecule has 0 aromatic heterocycles. The van der Waals surface area contributed by atoms with E-state index in [0.717, 1.165) is 0 Å². The lowest BCUT2D eigenvalue weighted by molar-refractivity contribution is -0.144. The molecule has 17 heteroatoms. The molecule has 0 saturated heterocycles. The van der Waals surface area contributed by atoms with Gasteiger partial charge < -0.3 is 49.1 Å². The molecule has 0 aliphatic rings. The third kappa shape index (κ3) is 13.1. The van der Waals surface area contributed by atoms with E-state index in [1.54, 1.807) is 0 Å². The summed E-state index contributed by atoms with van der Waals surface area (Å²) < 4.78 is 0. The van der Waals surface area contributed by atoms with E-state index in [2.05, 4.69) is 10.6 Å². The zero-order valence-corrected chi connectivity index (χ0v) is 18.5. The van der Waals surface area contributed by atoms with Gasteiger partial charge in [-0.25, -0.2) is 4.79 Å². The Hall–Kier alpha value is -4.28. The Balaban J connectivity index is 5.59. The predicted molar refractivity (Wildman–Crippen MR) is 114 cm³/mol. The molecule has 35 heavy (non-hydrogen) atoms. The normalized spacial score (nSPS) is 13.9. The minimum atomic E-state index is -1.77. The predicted octanol–water partition coefficient (Wildman–Crippen LogP) is -5.27. The maximum Gasteiger partial charge on any atom is 0.326 e. The minimum absolute atomic E-state index is 0.269. The molecular weight excluding hydrogens is 474 g/mol. The number of carbonyl (C=O) groups is 8. The van der Waals surface area contributed by atoms with E-state index in [1.165, 1.54) is 0 Å². The maximum absolute atomic E-state index is 12.7. The van der Waals surface area contributed by atoms with Gasteiger partial charge in [-0.1, -0.05) is 0 Å². The molecule has 0 spiro atoms. The first-order chi connectivity index (χ1) is 16.1. The molecule has 17 nitrogen and oxygen atoms in total. The standard InChI is InChI=1S/C18H29N7O10/c19-7(1-4-14(29)30)15(31)23-8(2-3-11(20)26)16(32)24-9(5-12(21)27)17(33)25-10(18(34)35)6-13(22)28/h7-10H,1-6,19H2,(H2,20,26)(H2,21,27)(H2,22,28)(H,23,31)(H,24,32)(H,25,33)(H,29,30)(H,34,35). The summed E-state index contributed by atoms with van der Waals surface area (Å²) in [6.45, 7) is 0.